The third-order valence-electron chi connectivity index (χ3n) is 0.936. The molecule has 0 aromatic heterocycles. The molecule has 0 saturated heterocycles. The van der Waals surface area contributed by atoms with Crippen LogP contribution < -0.4 is 0 Å². The van der Waals surface area contributed by atoms with E-state index in [0.29, 0.717) is 13.0 Å². The van der Waals surface area contributed by atoms with E-state index in [1.165, 1.54) is 0 Å². The van der Waals surface area contributed by atoms with Gasteiger partial charge in [0.25, 0.3) is 0 Å². The first-order valence-electron chi connectivity index (χ1n) is 3.26. The number of carbonyl (C=O) groups is 1. The van der Waals surface area contributed by atoms with Crippen LogP contribution in [0.3, 0.4) is 0 Å². The topological polar surface area (TPSA) is 26.3 Å². The third-order valence-corrected chi connectivity index (χ3v) is 0.936. The van der Waals surface area contributed by atoms with Gasteiger partial charge in [0.05, 0.1) is 6.61 Å². The molecule has 0 N–H and O–H groups in total. The van der Waals surface area contributed by atoms with E-state index in [-0.39, 0.29) is 25.4 Å². The maximum absolute atomic E-state index is 10.6. The average Bonchev–Trinajstić information content (AvgIpc) is 1.85. The van der Waals surface area contributed by atoms with Crippen LogP contribution in [0.15, 0.2) is 0 Å². The number of rotatable bonds is 4. The minimum Gasteiger partial charge on any atom is -0.466 e. The fourth-order valence-corrected chi connectivity index (χ4v) is 0.502. The van der Waals surface area contributed by atoms with Crippen molar-refractivity contribution in [3.8, 4) is 0 Å². The van der Waals surface area contributed by atoms with Gasteiger partial charge in [0.15, 0.2) is 0 Å². The zero-order valence-electron chi connectivity index (χ0n) is 6.56. The number of unbranched alkanes of at least 4 members (excludes halogenated alkanes) is 1. The van der Waals surface area contributed by atoms with Crippen LogP contribution in [0.1, 0.15) is 26.2 Å². The van der Waals surface area contributed by atoms with Gasteiger partial charge in [-0.15, -0.1) is 0 Å². The Bertz CT molecular complexity index is 83.7. The van der Waals surface area contributed by atoms with Crippen molar-refractivity contribution < 1.29 is 29.0 Å². The molecule has 0 fully saturated rings. The molecule has 10 heavy (non-hydrogen) atoms. The second kappa shape index (κ2) is 9.09. The molecule has 0 aromatic rings. The summed E-state index contributed by atoms with van der Waals surface area (Å²) in [6.07, 6.45) is 2.15. The molecule has 0 amide bonds. The van der Waals surface area contributed by atoms with Crippen molar-refractivity contribution in [1.29, 1.82) is 0 Å². The second-order valence-electron chi connectivity index (χ2n) is 1.76. The first-order valence-corrected chi connectivity index (χ1v) is 3.26. The van der Waals surface area contributed by atoms with Gasteiger partial charge in [0, 0.05) is 25.9 Å². The van der Waals surface area contributed by atoms with Gasteiger partial charge in [-0.2, -0.15) is 6.42 Å². The molecule has 3 heteroatoms. The van der Waals surface area contributed by atoms with Crippen LogP contribution in [0.2, 0.25) is 0 Å². The van der Waals surface area contributed by atoms with Crippen molar-refractivity contribution in [3.63, 3.8) is 0 Å². The van der Waals surface area contributed by atoms with Gasteiger partial charge in [0.2, 0.25) is 0 Å². The number of hydrogen-bond acceptors (Lipinski definition) is 2. The van der Waals surface area contributed by atoms with E-state index < -0.39 is 0 Å². The van der Waals surface area contributed by atoms with Crippen molar-refractivity contribution in [2.75, 3.05) is 6.61 Å². The molecule has 0 rings (SSSR count). The Morgan fingerprint density at radius 2 is 2.20 bits per heavy atom. The average molecular weight is 195 g/mol. The van der Waals surface area contributed by atoms with E-state index in [1.807, 2.05) is 6.92 Å². The quantitative estimate of drug-likeness (QED) is 0.386. The summed E-state index contributed by atoms with van der Waals surface area (Å²) in [6.45, 7) is 5.90. The zero-order valence-corrected chi connectivity index (χ0v) is 9.53. The smallest absolute Gasteiger partial charge is 0.305 e. The Morgan fingerprint density at radius 3 is 2.60 bits per heavy atom. The summed E-state index contributed by atoms with van der Waals surface area (Å²) in [5.74, 6) is -0.110. The van der Waals surface area contributed by atoms with Crippen LogP contribution in [0.5, 0.6) is 0 Å². The Kier molecular flexibility index (Phi) is 11.6. The maximum Gasteiger partial charge on any atom is 0.305 e. The van der Waals surface area contributed by atoms with Gasteiger partial charge < -0.3 is 11.7 Å². The maximum atomic E-state index is 10.6. The number of esters is 1. The van der Waals surface area contributed by atoms with Crippen LogP contribution >= 0.6 is 0 Å². The fraction of sp³-hybridized carbons (Fsp3) is 0.714. The molecule has 0 aliphatic heterocycles. The molecule has 0 aromatic carbocycles. The second-order valence-corrected chi connectivity index (χ2v) is 1.76. The zero-order chi connectivity index (χ0) is 7.11. The predicted molar refractivity (Wildman–Crippen MR) is 35.8 cm³/mol. The van der Waals surface area contributed by atoms with E-state index in [2.05, 4.69) is 11.7 Å². The van der Waals surface area contributed by atoms with Crippen LogP contribution in [0, 0.1) is 6.92 Å². The molecule has 2 nitrogen and oxygen atoms in total. The Hall–Kier alpha value is 0.0934. The van der Waals surface area contributed by atoms with Gasteiger partial charge in [-0.25, -0.2) is 0 Å². The fourth-order valence-electron chi connectivity index (χ4n) is 0.502. The summed E-state index contributed by atoms with van der Waals surface area (Å²) in [6, 6.07) is 0. The standard InChI is InChI=1S/C7H13O2.Zn/c1-3-5-6-7(8)9-4-2;/h1,3-6H2,2H3;/q-1;. The first kappa shape index (κ1) is 12.7. The molecule has 56 valence electrons. The van der Waals surface area contributed by atoms with Crippen molar-refractivity contribution in [2.45, 2.75) is 26.2 Å². The van der Waals surface area contributed by atoms with Crippen LogP contribution in [-0.4, -0.2) is 12.6 Å². The van der Waals surface area contributed by atoms with Gasteiger partial charge >= 0.3 is 5.97 Å². The van der Waals surface area contributed by atoms with E-state index >= 15 is 0 Å². The van der Waals surface area contributed by atoms with Crippen molar-refractivity contribution in [2.24, 2.45) is 0 Å². The Morgan fingerprint density at radius 1 is 1.60 bits per heavy atom. The summed E-state index contributed by atoms with van der Waals surface area (Å²) >= 11 is 0. The summed E-state index contributed by atoms with van der Waals surface area (Å²) in [5, 5.41) is 0. The largest absolute Gasteiger partial charge is 0.466 e. The minimum absolute atomic E-state index is 0. The molecule has 0 spiro atoms. The van der Waals surface area contributed by atoms with E-state index in [0.717, 1.165) is 12.8 Å². The van der Waals surface area contributed by atoms with Gasteiger partial charge in [0.1, 0.15) is 0 Å². The molecule has 0 saturated carbocycles. The number of ether oxygens (including phenoxy) is 1. The van der Waals surface area contributed by atoms with Crippen molar-refractivity contribution in [1.82, 2.24) is 0 Å². The van der Waals surface area contributed by atoms with Crippen LogP contribution in [0.4, 0.5) is 0 Å². The third kappa shape index (κ3) is 8.09. The molecule has 0 unspecified atom stereocenters. The molecule has 0 bridgehead atoms. The molecule has 0 heterocycles. The monoisotopic (exact) mass is 193 g/mol. The Labute approximate surface area is 75.1 Å². The SMILES string of the molecule is [CH2-]CCCC(=O)OCC.[Zn]. The minimum atomic E-state index is -0.110. The number of hydrogen-bond donors (Lipinski definition) is 0. The Balaban J connectivity index is 0. The van der Waals surface area contributed by atoms with Crippen molar-refractivity contribution >= 4 is 5.97 Å². The summed E-state index contributed by atoms with van der Waals surface area (Å²) in [7, 11) is 0. The van der Waals surface area contributed by atoms with E-state index in [1.54, 1.807) is 0 Å². The van der Waals surface area contributed by atoms with Gasteiger partial charge in [-0.3, -0.25) is 4.79 Å². The van der Waals surface area contributed by atoms with Crippen molar-refractivity contribution in [3.05, 3.63) is 6.92 Å². The summed E-state index contributed by atoms with van der Waals surface area (Å²) in [5.41, 5.74) is 0. The van der Waals surface area contributed by atoms with Crippen LogP contribution in [-0.2, 0) is 29.0 Å². The molecule has 0 radical (unpaired) electrons. The molecular formula is C7H13O2Zn-. The van der Waals surface area contributed by atoms with Gasteiger partial charge in [-0.1, -0.05) is 6.42 Å². The normalized spacial score (nSPS) is 8.20. The van der Waals surface area contributed by atoms with Crippen LogP contribution in [0.25, 0.3) is 0 Å². The first-order chi connectivity index (χ1) is 4.31. The van der Waals surface area contributed by atoms with E-state index in [9.17, 15) is 4.79 Å². The van der Waals surface area contributed by atoms with E-state index in [4.69, 9.17) is 0 Å². The molecule has 0 aliphatic carbocycles. The summed E-state index contributed by atoms with van der Waals surface area (Å²) in [4.78, 5) is 10.6. The molecule has 0 atom stereocenters. The molecule has 0 aliphatic rings. The predicted octanol–water partition coefficient (Wildman–Crippen LogP) is 1.55. The van der Waals surface area contributed by atoms with Gasteiger partial charge in [-0.05, 0) is 6.92 Å². The molecular weight excluding hydrogens is 181 g/mol. The summed E-state index contributed by atoms with van der Waals surface area (Å²) < 4.78 is 4.68. The number of carbonyl (C=O) groups excluding carboxylic acids is 1.